The predicted molar refractivity (Wildman–Crippen MR) is 196 cm³/mol. The van der Waals surface area contributed by atoms with Gasteiger partial charge in [0.05, 0.1) is 46.3 Å². The lowest BCUT2D eigenvalue weighted by molar-refractivity contribution is -0.148. The first-order valence-corrected chi connectivity index (χ1v) is 19.5. The summed E-state index contributed by atoms with van der Waals surface area (Å²) in [6.07, 6.45) is 3.96. The van der Waals surface area contributed by atoms with Gasteiger partial charge < -0.3 is 24.8 Å². The van der Waals surface area contributed by atoms with E-state index in [1.165, 1.54) is 0 Å². The molecule has 54 heavy (non-hydrogen) atoms. The number of pyridine rings is 1. The lowest BCUT2D eigenvalue weighted by Crippen LogP contribution is -2.55. The Bertz CT molecular complexity index is 2220. The molecule has 5 aliphatic rings. The number of esters is 1. The van der Waals surface area contributed by atoms with E-state index < -0.39 is 23.3 Å². The van der Waals surface area contributed by atoms with Crippen molar-refractivity contribution < 1.29 is 32.2 Å². The van der Waals surface area contributed by atoms with Crippen molar-refractivity contribution in [3.63, 3.8) is 0 Å². The van der Waals surface area contributed by atoms with Gasteiger partial charge in [0, 0.05) is 62.1 Å². The van der Waals surface area contributed by atoms with Gasteiger partial charge in [0.15, 0.2) is 11.6 Å². The number of benzene rings is 1. The molecule has 0 aliphatic carbocycles. The van der Waals surface area contributed by atoms with Crippen LogP contribution in [0.3, 0.4) is 0 Å². The number of piperazine rings is 1. The van der Waals surface area contributed by atoms with E-state index >= 15 is 8.78 Å². The van der Waals surface area contributed by atoms with E-state index in [9.17, 15) is 14.4 Å². The summed E-state index contributed by atoms with van der Waals surface area (Å²) < 4.78 is 65.5. The van der Waals surface area contributed by atoms with Crippen LogP contribution in [0.2, 0.25) is 0 Å². The number of likely N-dealkylation sites (tertiary alicyclic amines) is 1. The molecular weight excluding hydrogens is 722 g/mol. The SMILES string of the molecule is CCC(=O)O[C@H](C)CN1CC2CCC(C1)N2c1nc(OC[C@@]23CCCN2C[C@H](F)C3)nc2c(F)c(-c3ncc(F)c4sc(N)c(C#N)c34)c3c(c12)COC3. The normalized spacial score (nSPS) is 25.7. The van der Waals surface area contributed by atoms with Crippen LogP contribution in [-0.2, 0) is 27.5 Å². The van der Waals surface area contributed by atoms with Gasteiger partial charge in [0.25, 0.3) is 0 Å². The van der Waals surface area contributed by atoms with E-state index in [2.05, 4.69) is 25.8 Å². The lowest BCUT2D eigenvalue weighted by Gasteiger charge is -2.43. The maximum atomic E-state index is 17.6. The highest BCUT2D eigenvalue weighted by Crippen LogP contribution is 2.48. The van der Waals surface area contributed by atoms with Crippen LogP contribution >= 0.6 is 11.3 Å². The van der Waals surface area contributed by atoms with Gasteiger partial charge in [-0.05, 0) is 50.3 Å². The largest absolute Gasteiger partial charge is 0.461 e. The second kappa shape index (κ2) is 13.5. The van der Waals surface area contributed by atoms with Gasteiger partial charge in [-0.25, -0.2) is 13.2 Å². The number of aromatic nitrogens is 3. The molecule has 0 saturated carbocycles. The van der Waals surface area contributed by atoms with Crippen molar-refractivity contribution in [3.8, 4) is 23.3 Å². The summed E-state index contributed by atoms with van der Waals surface area (Å²) in [4.78, 5) is 32.9. The summed E-state index contributed by atoms with van der Waals surface area (Å²) in [5, 5.41) is 10.8. The Morgan fingerprint density at radius 3 is 2.72 bits per heavy atom. The number of carbonyl (C=O) groups excluding carboxylic acids is 1. The third-order valence-electron chi connectivity index (χ3n) is 12.0. The Labute approximate surface area is 314 Å². The molecule has 5 atom stereocenters. The quantitative estimate of drug-likeness (QED) is 0.212. The molecule has 3 aromatic heterocycles. The number of fused-ring (bicyclic) bond motifs is 7. The second-order valence-electron chi connectivity index (χ2n) is 15.3. The fourth-order valence-electron chi connectivity index (χ4n) is 9.72. The van der Waals surface area contributed by atoms with E-state index in [0.717, 1.165) is 49.8 Å². The molecule has 1 aromatic carbocycles. The molecule has 8 heterocycles. The van der Waals surface area contributed by atoms with E-state index in [0.29, 0.717) is 61.4 Å². The van der Waals surface area contributed by atoms with Gasteiger partial charge in [-0.1, -0.05) is 6.92 Å². The summed E-state index contributed by atoms with van der Waals surface area (Å²) in [7, 11) is 0. The minimum absolute atomic E-state index is 0.00716. The number of halogens is 3. The number of anilines is 2. The summed E-state index contributed by atoms with van der Waals surface area (Å²) >= 11 is 0.921. The first-order valence-electron chi connectivity index (χ1n) is 18.7. The maximum absolute atomic E-state index is 17.6. The van der Waals surface area contributed by atoms with Gasteiger partial charge in [0.2, 0.25) is 0 Å². The Balaban J connectivity index is 1.18. The standard InChI is InChI=1S/C38H41F3N8O4S/c1-3-27(50)53-19(2)12-47-14-21-5-6-22(15-47)49(21)36-30-25-17-51-16-24(25)28(32-29-23(10-42)35(43)54-34(29)26(40)11-44-32)31(41)33(30)45-37(46-36)52-18-38-7-4-8-48(38)13-20(39)9-38/h11,19-22H,3-9,12-18,43H2,1-2H3/t19-,20-,21?,22?,38+/m1/s1. The molecular formula is C38H41F3N8O4S. The van der Waals surface area contributed by atoms with Crippen molar-refractivity contribution in [2.75, 3.05) is 50.0 Å². The maximum Gasteiger partial charge on any atom is 0.319 e. The number of alkyl halides is 1. The van der Waals surface area contributed by atoms with E-state index in [4.69, 9.17) is 29.9 Å². The van der Waals surface area contributed by atoms with Crippen LogP contribution in [-0.4, -0.2) is 99.9 Å². The smallest absolute Gasteiger partial charge is 0.319 e. The van der Waals surface area contributed by atoms with Gasteiger partial charge in [0.1, 0.15) is 41.3 Å². The molecule has 4 saturated heterocycles. The molecule has 5 aliphatic heterocycles. The highest BCUT2D eigenvalue weighted by Gasteiger charge is 2.50. The zero-order valence-corrected chi connectivity index (χ0v) is 31.0. The van der Waals surface area contributed by atoms with Crippen LogP contribution in [0.5, 0.6) is 6.01 Å². The van der Waals surface area contributed by atoms with Crippen LogP contribution in [0.1, 0.15) is 69.1 Å². The number of hydrogen-bond donors (Lipinski definition) is 1. The van der Waals surface area contributed by atoms with Gasteiger partial charge >= 0.3 is 12.0 Å². The van der Waals surface area contributed by atoms with Crippen molar-refractivity contribution in [1.29, 1.82) is 5.26 Å². The zero-order valence-electron chi connectivity index (χ0n) is 30.2. The average Bonchev–Trinajstić information content (AvgIpc) is 3.96. The number of ether oxygens (including phenoxy) is 3. The highest BCUT2D eigenvalue weighted by molar-refractivity contribution is 7.23. The minimum atomic E-state index is -0.950. The Hall–Kier alpha value is -4.30. The third kappa shape index (κ3) is 5.65. The fourth-order valence-corrected chi connectivity index (χ4v) is 10.6. The lowest BCUT2D eigenvalue weighted by atomic mass is 9.93. The van der Waals surface area contributed by atoms with Crippen molar-refractivity contribution in [2.45, 2.75) is 95.5 Å². The summed E-state index contributed by atoms with van der Waals surface area (Å²) in [5.41, 5.74) is 7.11. The number of nitriles is 1. The summed E-state index contributed by atoms with van der Waals surface area (Å²) in [6.45, 7) is 7.19. The Morgan fingerprint density at radius 2 is 1.96 bits per heavy atom. The van der Waals surface area contributed by atoms with Crippen LogP contribution in [0, 0.1) is 23.0 Å². The number of hydrogen-bond acceptors (Lipinski definition) is 13. The topological polar surface area (TPSA) is 143 Å². The molecule has 9 rings (SSSR count). The van der Waals surface area contributed by atoms with Gasteiger partial charge in [-0.15, -0.1) is 11.3 Å². The zero-order chi connectivity index (χ0) is 37.5. The van der Waals surface area contributed by atoms with Crippen molar-refractivity contribution in [1.82, 2.24) is 24.8 Å². The number of carbonyl (C=O) groups is 1. The van der Waals surface area contributed by atoms with Crippen LogP contribution in [0.4, 0.5) is 24.0 Å². The predicted octanol–water partition coefficient (Wildman–Crippen LogP) is 5.62. The molecule has 16 heteroatoms. The molecule has 2 N–H and O–H groups in total. The van der Waals surface area contributed by atoms with Gasteiger partial charge in [-0.2, -0.15) is 15.2 Å². The monoisotopic (exact) mass is 762 g/mol. The summed E-state index contributed by atoms with van der Waals surface area (Å²) in [5.74, 6) is -1.05. The third-order valence-corrected chi connectivity index (χ3v) is 13.0. The molecule has 2 unspecified atom stereocenters. The number of nitrogen functional groups attached to an aromatic ring is 1. The molecule has 284 valence electrons. The number of nitrogens with two attached hydrogens (primary N) is 1. The molecule has 4 aromatic rings. The van der Waals surface area contributed by atoms with E-state index in [1.54, 1.807) is 6.92 Å². The minimum Gasteiger partial charge on any atom is -0.461 e. The van der Waals surface area contributed by atoms with Crippen molar-refractivity contribution in [2.24, 2.45) is 0 Å². The van der Waals surface area contributed by atoms with E-state index in [-0.39, 0.29) is 87.4 Å². The number of nitrogens with zero attached hydrogens (tertiary/aromatic N) is 7. The number of rotatable bonds is 9. The number of thiophene rings is 1. The first-order chi connectivity index (χ1) is 26.1. The van der Waals surface area contributed by atoms with Gasteiger partial charge in [-0.3, -0.25) is 19.6 Å². The molecule has 2 bridgehead atoms. The van der Waals surface area contributed by atoms with Crippen LogP contribution in [0.25, 0.3) is 32.2 Å². The van der Waals surface area contributed by atoms with E-state index in [1.807, 2.05) is 6.92 Å². The van der Waals surface area contributed by atoms with Crippen LogP contribution < -0.4 is 15.4 Å². The highest BCUT2D eigenvalue weighted by atomic mass is 32.1. The molecule has 0 spiro atoms. The van der Waals surface area contributed by atoms with Crippen molar-refractivity contribution >= 4 is 49.1 Å². The Morgan fingerprint density at radius 1 is 1.19 bits per heavy atom. The molecule has 12 nitrogen and oxygen atoms in total. The fraction of sp³-hybridized carbons (Fsp3) is 0.553. The molecule has 4 fully saturated rings. The Kier molecular flexibility index (Phi) is 8.83. The molecule has 0 radical (unpaired) electrons. The average molecular weight is 763 g/mol. The summed E-state index contributed by atoms with van der Waals surface area (Å²) in [6, 6.07) is 2.11. The van der Waals surface area contributed by atoms with Crippen molar-refractivity contribution in [3.05, 3.63) is 34.5 Å². The second-order valence-corrected chi connectivity index (χ2v) is 16.4. The first kappa shape index (κ1) is 35.4. The molecule has 0 amide bonds. The van der Waals surface area contributed by atoms with Crippen LogP contribution in [0.15, 0.2) is 6.20 Å².